The number of anilines is 1. The summed E-state index contributed by atoms with van der Waals surface area (Å²) in [5, 5.41) is 14.7. The van der Waals surface area contributed by atoms with E-state index in [0.717, 1.165) is 24.6 Å². The number of thiazole rings is 1. The first-order chi connectivity index (χ1) is 12.7. The number of aromatic nitrogens is 5. The fourth-order valence-electron chi connectivity index (χ4n) is 3.40. The molecule has 1 amide bonds. The van der Waals surface area contributed by atoms with Crippen molar-refractivity contribution in [3.8, 4) is 0 Å². The Labute approximate surface area is 155 Å². The molecule has 1 N–H and O–H groups in total. The van der Waals surface area contributed by atoms with Crippen molar-refractivity contribution in [1.82, 2.24) is 29.4 Å². The van der Waals surface area contributed by atoms with Gasteiger partial charge in [-0.3, -0.25) is 19.1 Å². The monoisotopic (exact) mass is 371 g/mol. The Morgan fingerprint density at radius 3 is 2.77 bits per heavy atom. The Kier molecular flexibility index (Phi) is 4.56. The highest BCUT2D eigenvalue weighted by Crippen LogP contribution is 2.32. The number of carbonyl (C=O) groups excluding carboxylic acids is 1. The SMILES string of the molecule is Cn1ccc(NC(=O)C2(n3cccn3)CCN(Cc3nccs3)CC2)n1. The third-order valence-corrected chi connectivity index (χ3v) is 5.61. The maximum absolute atomic E-state index is 13.2. The summed E-state index contributed by atoms with van der Waals surface area (Å²) in [6.45, 7) is 2.46. The molecule has 4 heterocycles. The van der Waals surface area contributed by atoms with Gasteiger partial charge in [-0.2, -0.15) is 10.2 Å². The third kappa shape index (κ3) is 3.27. The number of hydrogen-bond acceptors (Lipinski definition) is 6. The molecule has 1 aliphatic heterocycles. The number of nitrogens with one attached hydrogen (secondary N) is 1. The number of aryl methyl sites for hydroxylation is 1. The molecule has 3 aromatic heterocycles. The smallest absolute Gasteiger partial charge is 0.253 e. The van der Waals surface area contributed by atoms with Crippen molar-refractivity contribution < 1.29 is 4.79 Å². The molecule has 0 radical (unpaired) electrons. The predicted octanol–water partition coefficient (Wildman–Crippen LogP) is 1.70. The molecule has 136 valence electrons. The second kappa shape index (κ2) is 7.00. The van der Waals surface area contributed by atoms with E-state index in [0.29, 0.717) is 18.7 Å². The van der Waals surface area contributed by atoms with E-state index in [1.807, 2.05) is 37.1 Å². The van der Waals surface area contributed by atoms with Gasteiger partial charge < -0.3 is 5.32 Å². The average molecular weight is 371 g/mol. The summed E-state index contributed by atoms with van der Waals surface area (Å²) in [6.07, 6.45) is 8.62. The van der Waals surface area contributed by atoms with Gasteiger partial charge in [0.2, 0.25) is 0 Å². The maximum atomic E-state index is 13.2. The Bertz CT molecular complexity index is 848. The molecule has 0 aromatic carbocycles. The van der Waals surface area contributed by atoms with E-state index in [9.17, 15) is 4.79 Å². The summed E-state index contributed by atoms with van der Waals surface area (Å²) in [6, 6.07) is 3.66. The van der Waals surface area contributed by atoms with Crippen molar-refractivity contribution in [3.05, 3.63) is 47.3 Å². The Morgan fingerprint density at radius 1 is 1.31 bits per heavy atom. The standard InChI is InChI=1S/C17H21N7OS/c1-22-9-3-14(21-22)20-16(25)17(24-8-2-6-19-24)4-10-23(11-5-17)13-15-18-7-12-26-15/h2-3,6-9,12H,4-5,10-11,13H2,1H3,(H,20,21,25). The van der Waals surface area contributed by atoms with Crippen LogP contribution in [-0.4, -0.2) is 48.4 Å². The van der Waals surface area contributed by atoms with Crippen LogP contribution in [0.15, 0.2) is 42.3 Å². The summed E-state index contributed by atoms with van der Waals surface area (Å²) < 4.78 is 3.47. The van der Waals surface area contributed by atoms with Crippen LogP contribution in [0.25, 0.3) is 0 Å². The largest absolute Gasteiger partial charge is 0.307 e. The number of amides is 1. The van der Waals surface area contributed by atoms with Crippen LogP contribution in [-0.2, 0) is 23.9 Å². The zero-order valence-electron chi connectivity index (χ0n) is 14.6. The summed E-state index contributed by atoms with van der Waals surface area (Å²) in [4.78, 5) is 19.9. The van der Waals surface area contributed by atoms with E-state index in [4.69, 9.17) is 0 Å². The van der Waals surface area contributed by atoms with Gasteiger partial charge >= 0.3 is 0 Å². The number of hydrogen-bond donors (Lipinski definition) is 1. The second-order valence-electron chi connectivity index (χ2n) is 6.51. The molecule has 4 rings (SSSR count). The lowest BCUT2D eigenvalue weighted by molar-refractivity contribution is -0.127. The van der Waals surface area contributed by atoms with Gasteiger partial charge in [-0.1, -0.05) is 0 Å². The molecule has 3 aromatic rings. The molecule has 26 heavy (non-hydrogen) atoms. The zero-order valence-corrected chi connectivity index (χ0v) is 15.4. The average Bonchev–Trinajstić information content (AvgIpc) is 3.39. The Hall–Kier alpha value is -2.52. The summed E-state index contributed by atoms with van der Waals surface area (Å²) in [5.74, 6) is 0.503. The van der Waals surface area contributed by atoms with Gasteiger partial charge in [-0.15, -0.1) is 11.3 Å². The number of piperidine rings is 1. The molecule has 0 saturated carbocycles. The minimum Gasteiger partial charge on any atom is -0.307 e. The van der Waals surface area contributed by atoms with E-state index in [2.05, 4.69) is 25.4 Å². The molecule has 0 atom stereocenters. The van der Waals surface area contributed by atoms with Crippen LogP contribution in [0.2, 0.25) is 0 Å². The van der Waals surface area contributed by atoms with E-state index in [1.165, 1.54) is 0 Å². The predicted molar refractivity (Wildman–Crippen MR) is 98.7 cm³/mol. The summed E-state index contributed by atoms with van der Waals surface area (Å²) >= 11 is 1.66. The van der Waals surface area contributed by atoms with Gasteiger partial charge in [-0.05, 0) is 18.9 Å². The Balaban J connectivity index is 1.51. The lowest BCUT2D eigenvalue weighted by Gasteiger charge is -2.40. The minimum absolute atomic E-state index is 0.0613. The molecule has 1 aliphatic rings. The summed E-state index contributed by atoms with van der Waals surface area (Å²) in [5.41, 5.74) is -0.694. The van der Waals surface area contributed by atoms with Gasteiger partial charge in [0.1, 0.15) is 10.5 Å². The zero-order chi connectivity index (χ0) is 18.0. The normalized spacial score (nSPS) is 17.3. The molecule has 0 bridgehead atoms. The van der Waals surface area contributed by atoms with E-state index in [-0.39, 0.29) is 5.91 Å². The van der Waals surface area contributed by atoms with Crippen molar-refractivity contribution in [3.63, 3.8) is 0 Å². The highest BCUT2D eigenvalue weighted by Gasteiger charge is 2.44. The first-order valence-corrected chi connectivity index (χ1v) is 9.46. The van der Waals surface area contributed by atoms with Crippen LogP contribution in [0.4, 0.5) is 5.82 Å². The van der Waals surface area contributed by atoms with Crippen molar-refractivity contribution in [2.45, 2.75) is 24.9 Å². The van der Waals surface area contributed by atoms with Gasteiger partial charge in [-0.25, -0.2) is 4.98 Å². The van der Waals surface area contributed by atoms with Crippen molar-refractivity contribution in [2.24, 2.45) is 7.05 Å². The van der Waals surface area contributed by atoms with E-state index < -0.39 is 5.54 Å². The first-order valence-electron chi connectivity index (χ1n) is 8.58. The molecule has 9 heteroatoms. The molecule has 1 saturated heterocycles. The number of rotatable bonds is 5. The fraction of sp³-hybridized carbons (Fsp3) is 0.412. The lowest BCUT2D eigenvalue weighted by Crippen LogP contribution is -2.53. The molecule has 0 aliphatic carbocycles. The minimum atomic E-state index is -0.694. The molecule has 0 unspecified atom stereocenters. The van der Waals surface area contributed by atoms with Crippen LogP contribution in [0, 0.1) is 0 Å². The molecule has 8 nitrogen and oxygen atoms in total. The lowest BCUT2D eigenvalue weighted by atomic mass is 9.86. The van der Waals surface area contributed by atoms with Crippen LogP contribution in [0.5, 0.6) is 0 Å². The Morgan fingerprint density at radius 2 is 2.15 bits per heavy atom. The number of nitrogens with zero attached hydrogens (tertiary/aromatic N) is 6. The van der Waals surface area contributed by atoms with E-state index >= 15 is 0 Å². The van der Waals surface area contributed by atoms with Gasteiger partial charge in [0.25, 0.3) is 5.91 Å². The van der Waals surface area contributed by atoms with Gasteiger partial charge in [0, 0.05) is 56.4 Å². The summed E-state index contributed by atoms with van der Waals surface area (Å²) in [7, 11) is 1.83. The van der Waals surface area contributed by atoms with Crippen LogP contribution >= 0.6 is 11.3 Å². The van der Waals surface area contributed by atoms with Crippen molar-refractivity contribution in [1.29, 1.82) is 0 Å². The van der Waals surface area contributed by atoms with Crippen LogP contribution in [0.3, 0.4) is 0 Å². The van der Waals surface area contributed by atoms with Crippen LogP contribution < -0.4 is 5.32 Å². The van der Waals surface area contributed by atoms with Crippen molar-refractivity contribution in [2.75, 3.05) is 18.4 Å². The van der Waals surface area contributed by atoms with Gasteiger partial charge in [0.05, 0.1) is 6.54 Å². The van der Waals surface area contributed by atoms with Gasteiger partial charge in [0.15, 0.2) is 5.82 Å². The third-order valence-electron chi connectivity index (χ3n) is 4.85. The fourth-order valence-corrected chi connectivity index (χ4v) is 4.06. The number of carbonyl (C=O) groups is 1. The van der Waals surface area contributed by atoms with E-state index in [1.54, 1.807) is 33.0 Å². The highest BCUT2D eigenvalue weighted by molar-refractivity contribution is 7.09. The molecule has 0 spiro atoms. The second-order valence-corrected chi connectivity index (χ2v) is 7.49. The molecular weight excluding hydrogens is 350 g/mol. The topological polar surface area (TPSA) is 80.9 Å². The first kappa shape index (κ1) is 16.9. The molecular formula is C17H21N7OS. The number of likely N-dealkylation sites (tertiary alicyclic amines) is 1. The quantitative estimate of drug-likeness (QED) is 0.738. The van der Waals surface area contributed by atoms with Crippen molar-refractivity contribution >= 4 is 23.1 Å². The molecule has 1 fully saturated rings. The van der Waals surface area contributed by atoms with Crippen LogP contribution in [0.1, 0.15) is 17.8 Å². The maximum Gasteiger partial charge on any atom is 0.253 e. The highest BCUT2D eigenvalue weighted by atomic mass is 32.1.